The first-order valence-electron chi connectivity index (χ1n) is 6.13. The molecule has 0 aliphatic rings. The van der Waals surface area contributed by atoms with Gasteiger partial charge in [-0.05, 0) is 20.3 Å². The first-order chi connectivity index (χ1) is 8.63. The van der Waals surface area contributed by atoms with Crippen molar-refractivity contribution in [3.05, 3.63) is 11.9 Å². The van der Waals surface area contributed by atoms with Crippen LogP contribution in [0.25, 0.3) is 0 Å². The number of nitrogens with two attached hydrogens (primary N) is 1. The van der Waals surface area contributed by atoms with Crippen LogP contribution in [0.3, 0.4) is 0 Å². The average Bonchev–Trinajstić information content (AvgIpc) is 2.77. The number of rotatable bonds is 8. The largest absolute Gasteiger partial charge is 0.379 e. The van der Waals surface area contributed by atoms with E-state index < -0.39 is 0 Å². The van der Waals surface area contributed by atoms with Gasteiger partial charge in [0.15, 0.2) is 5.69 Å². The van der Waals surface area contributed by atoms with Gasteiger partial charge in [-0.3, -0.25) is 9.48 Å². The Hall–Kier alpha value is -1.47. The third-order valence-corrected chi connectivity index (χ3v) is 2.19. The molecule has 18 heavy (non-hydrogen) atoms. The van der Waals surface area contributed by atoms with Gasteiger partial charge in [0.05, 0.1) is 18.8 Å². The molecule has 1 rings (SSSR count). The Morgan fingerprint density at radius 3 is 3.06 bits per heavy atom. The minimum absolute atomic E-state index is 0.219. The van der Waals surface area contributed by atoms with Gasteiger partial charge in [-0.25, -0.2) is 0 Å². The Morgan fingerprint density at radius 1 is 1.61 bits per heavy atom. The molecule has 0 atom stereocenters. The SMILES string of the molecule is CC(C)OCCCNC(=O)c1cn(CCN)nn1. The smallest absolute Gasteiger partial charge is 0.273 e. The normalized spacial score (nSPS) is 10.9. The molecule has 0 fully saturated rings. The van der Waals surface area contributed by atoms with Crippen LogP contribution in [0.1, 0.15) is 30.8 Å². The highest BCUT2D eigenvalue weighted by Crippen LogP contribution is 1.94. The lowest BCUT2D eigenvalue weighted by Gasteiger charge is -2.07. The Bertz CT molecular complexity index is 364. The van der Waals surface area contributed by atoms with Crippen molar-refractivity contribution in [3.63, 3.8) is 0 Å². The van der Waals surface area contributed by atoms with Crippen LogP contribution in [0.2, 0.25) is 0 Å². The van der Waals surface area contributed by atoms with E-state index in [4.69, 9.17) is 10.5 Å². The van der Waals surface area contributed by atoms with Crippen LogP contribution in [-0.4, -0.2) is 46.7 Å². The van der Waals surface area contributed by atoms with E-state index in [1.54, 1.807) is 10.9 Å². The maximum Gasteiger partial charge on any atom is 0.273 e. The van der Waals surface area contributed by atoms with E-state index in [1.807, 2.05) is 13.8 Å². The van der Waals surface area contributed by atoms with E-state index in [2.05, 4.69) is 15.6 Å². The molecule has 0 unspecified atom stereocenters. The molecule has 7 nitrogen and oxygen atoms in total. The Morgan fingerprint density at radius 2 is 2.39 bits per heavy atom. The summed E-state index contributed by atoms with van der Waals surface area (Å²) in [5, 5.41) is 10.3. The molecule has 0 aliphatic heterocycles. The monoisotopic (exact) mass is 255 g/mol. The second-order valence-electron chi connectivity index (χ2n) is 4.18. The lowest BCUT2D eigenvalue weighted by Crippen LogP contribution is -2.26. The predicted molar refractivity (Wildman–Crippen MR) is 67.1 cm³/mol. The van der Waals surface area contributed by atoms with Crippen molar-refractivity contribution in [3.8, 4) is 0 Å². The molecule has 0 saturated carbocycles. The fourth-order valence-electron chi connectivity index (χ4n) is 1.33. The molecule has 0 saturated heterocycles. The van der Waals surface area contributed by atoms with E-state index in [0.717, 1.165) is 6.42 Å². The number of hydrogen-bond donors (Lipinski definition) is 2. The summed E-state index contributed by atoms with van der Waals surface area (Å²) in [6.45, 7) is 6.19. The topological polar surface area (TPSA) is 95.1 Å². The van der Waals surface area contributed by atoms with Crippen molar-refractivity contribution in [2.45, 2.75) is 32.9 Å². The van der Waals surface area contributed by atoms with Gasteiger partial charge in [-0.15, -0.1) is 5.10 Å². The number of nitrogens with zero attached hydrogens (tertiary/aromatic N) is 3. The van der Waals surface area contributed by atoms with Crippen LogP contribution >= 0.6 is 0 Å². The van der Waals surface area contributed by atoms with Crippen molar-refractivity contribution in [1.82, 2.24) is 20.3 Å². The molecule has 0 radical (unpaired) electrons. The second kappa shape index (κ2) is 7.78. The molecule has 0 bridgehead atoms. The van der Waals surface area contributed by atoms with Crippen molar-refractivity contribution < 1.29 is 9.53 Å². The number of carbonyl (C=O) groups excluding carboxylic acids is 1. The van der Waals surface area contributed by atoms with Crippen LogP contribution in [0.15, 0.2) is 6.20 Å². The standard InChI is InChI=1S/C11H21N5O2/c1-9(2)18-7-3-5-13-11(17)10-8-16(6-4-12)15-14-10/h8-9H,3-7,12H2,1-2H3,(H,13,17). The zero-order valence-electron chi connectivity index (χ0n) is 10.9. The van der Waals surface area contributed by atoms with Gasteiger partial charge in [0, 0.05) is 19.7 Å². The predicted octanol–water partition coefficient (Wildman–Crippen LogP) is -0.218. The van der Waals surface area contributed by atoms with E-state index in [-0.39, 0.29) is 12.0 Å². The highest BCUT2D eigenvalue weighted by atomic mass is 16.5. The summed E-state index contributed by atoms with van der Waals surface area (Å²) >= 11 is 0. The molecule has 1 heterocycles. The fraction of sp³-hybridized carbons (Fsp3) is 0.727. The lowest BCUT2D eigenvalue weighted by atomic mass is 10.4. The third kappa shape index (κ3) is 5.24. The summed E-state index contributed by atoms with van der Waals surface area (Å²) in [5.74, 6) is -0.220. The quantitative estimate of drug-likeness (QED) is 0.626. The van der Waals surface area contributed by atoms with Gasteiger partial charge in [0.1, 0.15) is 0 Å². The number of hydrogen-bond acceptors (Lipinski definition) is 5. The van der Waals surface area contributed by atoms with E-state index in [9.17, 15) is 4.79 Å². The number of ether oxygens (including phenoxy) is 1. The molecule has 0 aromatic carbocycles. The van der Waals surface area contributed by atoms with Crippen molar-refractivity contribution in [2.75, 3.05) is 19.7 Å². The highest BCUT2D eigenvalue weighted by molar-refractivity contribution is 5.91. The Balaban J connectivity index is 2.23. The summed E-state index contributed by atoms with van der Waals surface area (Å²) in [6.07, 6.45) is 2.59. The molecule has 1 aromatic heterocycles. The number of amides is 1. The van der Waals surface area contributed by atoms with E-state index >= 15 is 0 Å². The molecule has 0 spiro atoms. The molecule has 0 aliphatic carbocycles. The second-order valence-corrected chi connectivity index (χ2v) is 4.18. The van der Waals surface area contributed by atoms with E-state index in [1.165, 1.54) is 0 Å². The number of aromatic nitrogens is 3. The van der Waals surface area contributed by atoms with Crippen LogP contribution in [-0.2, 0) is 11.3 Å². The first-order valence-corrected chi connectivity index (χ1v) is 6.13. The summed E-state index contributed by atoms with van der Waals surface area (Å²) in [7, 11) is 0. The number of carbonyl (C=O) groups is 1. The molecule has 1 amide bonds. The highest BCUT2D eigenvalue weighted by Gasteiger charge is 2.09. The van der Waals surface area contributed by atoms with Crippen LogP contribution in [0.4, 0.5) is 0 Å². The van der Waals surface area contributed by atoms with E-state index in [0.29, 0.717) is 31.9 Å². The zero-order chi connectivity index (χ0) is 13.4. The third-order valence-electron chi connectivity index (χ3n) is 2.19. The van der Waals surface area contributed by atoms with Gasteiger partial charge in [-0.1, -0.05) is 5.21 Å². The van der Waals surface area contributed by atoms with Crippen molar-refractivity contribution >= 4 is 5.91 Å². The summed E-state index contributed by atoms with van der Waals surface area (Å²) < 4.78 is 6.92. The molecule has 7 heteroatoms. The van der Waals surface area contributed by atoms with Gasteiger partial charge in [0.2, 0.25) is 0 Å². The summed E-state index contributed by atoms with van der Waals surface area (Å²) in [4.78, 5) is 11.7. The molecule has 3 N–H and O–H groups in total. The summed E-state index contributed by atoms with van der Waals surface area (Å²) in [6, 6.07) is 0. The maximum absolute atomic E-state index is 11.7. The average molecular weight is 255 g/mol. The van der Waals surface area contributed by atoms with Gasteiger partial charge in [0.25, 0.3) is 5.91 Å². The lowest BCUT2D eigenvalue weighted by molar-refractivity contribution is 0.0756. The van der Waals surface area contributed by atoms with Crippen LogP contribution in [0, 0.1) is 0 Å². The van der Waals surface area contributed by atoms with Gasteiger partial charge >= 0.3 is 0 Å². The molecule has 102 valence electrons. The van der Waals surface area contributed by atoms with Crippen molar-refractivity contribution in [1.29, 1.82) is 0 Å². The number of nitrogens with one attached hydrogen (secondary N) is 1. The van der Waals surface area contributed by atoms with Crippen molar-refractivity contribution in [2.24, 2.45) is 5.73 Å². The summed E-state index contributed by atoms with van der Waals surface area (Å²) in [5.41, 5.74) is 5.69. The minimum Gasteiger partial charge on any atom is -0.379 e. The van der Waals surface area contributed by atoms with Gasteiger partial charge < -0.3 is 15.8 Å². The Kier molecular flexibility index (Phi) is 6.31. The first kappa shape index (κ1) is 14.6. The maximum atomic E-state index is 11.7. The minimum atomic E-state index is -0.220. The van der Waals surface area contributed by atoms with Crippen LogP contribution in [0.5, 0.6) is 0 Å². The van der Waals surface area contributed by atoms with Gasteiger partial charge in [-0.2, -0.15) is 0 Å². The van der Waals surface area contributed by atoms with Crippen LogP contribution < -0.4 is 11.1 Å². The molecular weight excluding hydrogens is 234 g/mol. The zero-order valence-corrected chi connectivity index (χ0v) is 10.9. The fourth-order valence-corrected chi connectivity index (χ4v) is 1.33. The molecule has 1 aromatic rings. The Labute approximate surface area is 107 Å². The molecular formula is C11H21N5O2.